The molecule has 5 nitrogen and oxygen atoms in total. The van der Waals surface area contributed by atoms with E-state index in [0.717, 1.165) is 28.4 Å². The fourth-order valence-electron chi connectivity index (χ4n) is 3.06. The maximum atomic E-state index is 11.7. The van der Waals surface area contributed by atoms with Crippen molar-refractivity contribution in [3.63, 3.8) is 0 Å². The molecule has 0 saturated heterocycles. The van der Waals surface area contributed by atoms with Crippen LogP contribution < -0.4 is 0 Å². The van der Waals surface area contributed by atoms with E-state index in [1.807, 2.05) is 48.0 Å². The quantitative estimate of drug-likeness (QED) is 0.489. The van der Waals surface area contributed by atoms with E-state index in [-0.39, 0.29) is 5.85 Å². The molecule has 0 aliphatic rings. The molecule has 0 radical (unpaired) electrons. The Hall–Kier alpha value is -2.31. The summed E-state index contributed by atoms with van der Waals surface area (Å²) in [6, 6.07) is 11.7. The second-order valence-electron chi connectivity index (χ2n) is 7.04. The summed E-state index contributed by atoms with van der Waals surface area (Å²) < 4.78 is 7.92. The zero-order chi connectivity index (χ0) is 18.0. The molecule has 0 amide bonds. The Morgan fingerprint density at radius 2 is 2.00 bits per heavy atom. The molecule has 0 fully saturated rings. The highest BCUT2D eigenvalue weighted by atomic mass is 28.3. The fraction of sp³-hybridized carbons (Fsp3) is 0.316. The summed E-state index contributed by atoms with van der Waals surface area (Å²) >= 11 is 0. The van der Waals surface area contributed by atoms with Gasteiger partial charge in [0.15, 0.2) is 6.29 Å². The van der Waals surface area contributed by atoms with Crippen LogP contribution in [0.4, 0.5) is 0 Å². The van der Waals surface area contributed by atoms with Crippen LogP contribution in [-0.4, -0.2) is 35.7 Å². The Morgan fingerprint density at radius 3 is 2.60 bits per heavy atom. The molecule has 25 heavy (non-hydrogen) atoms. The van der Waals surface area contributed by atoms with Crippen LogP contribution in [0, 0.1) is 0 Å². The number of rotatable bonds is 6. The molecule has 1 unspecified atom stereocenters. The first-order chi connectivity index (χ1) is 12.0. The van der Waals surface area contributed by atoms with Gasteiger partial charge in [0.05, 0.1) is 11.2 Å². The van der Waals surface area contributed by atoms with E-state index in [9.17, 15) is 4.79 Å². The number of fused-ring (bicyclic) bond motifs is 1. The number of nitrogens with zero attached hydrogens (tertiary/aromatic N) is 3. The minimum atomic E-state index is -1.72. The molecule has 0 aliphatic heterocycles. The van der Waals surface area contributed by atoms with Crippen LogP contribution >= 0.6 is 0 Å². The summed E-state index contributed by atoms with van der Waals surface area (Å²) in [4.78, 5) is 16.2. The molecule has 1 aromatic carbocycles. The zero-order valence-electron chi connectivity index (χ0n) is 15.1. The Kier molecular flexibility index (Phi) is 4.83. The minimum Gasteiger partial charge on any atom is -0.360 e. The van der Waals surface area contributed by atoms with Crippen molar-refractivity contribution >= 4 is 25.3 Å². The summed E-state index contributed by atoms with van der Waals surface area (Å²) in [6.07, 6.45) is 2.57. The van der Waals surface area contributed by atoms with Crippen molar-refractivity contribution in [1.29, 1.82) is 0 Å². The van der Waals surface area contributed by atoms with Crippen LogP contribution in [0.1, 0.15) is 23.3 Å². The standard InChI is InChI=1S/C19H23N3O2Si/c1-5-24-19(25(2,3)4)22-17-11-8-9-14(15-10-6-7-12-20-15)18(17)16(13-23)21-22/h6-13,19H,5H2,1-4H3. The molecule has 2 heterocycles. The smallest absolute Gasteiger partial charge is 0.170 e. The van der Waals surface area contributed by atoms with Gasteiger partial charge in [0, 0.05) is 23.8 Å². The normalized spacial score (nSPS) is 13.1. The van der Waals surface area contributed by atoms with Gasteiger partial charge in [-0.15, -0.1) is 0 Å². The Balaban J connectivity index is 2.29. The van der Waals surface area contributed by atoms with Crippen molar-refractivity contribution < 1.29 is 9.53 Å². The van der Waals surface area contributed by atoms with Gasteiger partial charge in [-0.2, -0.15) is 5.10 Å². The highest BCUT2D eigenvalue weighted by Crippen LogP contribution is 2.33. The number of aromatic nitrogens is 3. The van der Waals surface area contributed by atoms with Crippen LogP contribution in [0.5, 0.6) is 0 Å². The second-order valence-corrected chi connectivity index (χ2v) is 12.3. The van der Waals surface area contributed by atoms with Crippen molar-refractivity contribution in [2.24, 2.45) is 0 Å². The number of ether oxygens (including phenoxy) is 1. The van der Waals surface area contributed by atoms with Gasteiger partial charge in [0.2, 0.25) is 0 Å². The molecular formula is C19H23N3O2Si. The minimum absolute atomic E-state index is 0.132. The van der Waals surface area contributed by atoms with E-state index in [0.29, 0.717) is 12.3 Å². The van der Waals surface area contributed by atoms with Crippen molar-refractivity contribution in [2.75, 3.05) is 6.61 Å². The zero-order valence-corrected chi connectivity index (χ0v) is 16.1. The first-order valence-corrected chi connectivity index (χ1v) is 12.0. The SMILES string of the molecule is CCOC(n1nc(C=O)c2c(-c3ccccn3)cccc21)[Si](C)(C)C. The van der Waals surface area contributed by atoms with Gasteiger partial charge in [-0.1, -0.05) is 37.8 Å². The predicted octanol–water partition coefficient (Wildman–Crippen LogP) is 4.32. The first kappa shape index (κ1) is 17.5. The number of benzene rings is 1. The topological polar surface area (TPSA) is 57.0 Å². The average molecular weight is 353 g/mol. The van der Waals surface area contributed by atoms with Crippen molar-refractivity contribution in [1.82, 2.24) is 14.8 Å². The summed E-state index contributed by atoms with van der Waals surface area (Å²) in [7, 11) is -1.72. The molecule has 0 saturated carbocycles. The van der Waals surface area contributed by atoms with E-state index >= 15 is 0 Å². The third-order valence-corrected chi connectivity index (χ3v) is 5.99. The lowest BCUT2D eigenvalue weighted by atomic mass is 10.0. The van der Waals surface area contributed by atoms with Crippen LogP contribution in [0.15, 0.2) is 42.6 Å². The Bertz CT molecular complexity index is 885. The number of carbonyl (C=O) groups is 1. The lowest BCUT2D eigenvalue weighted by Gasteiger charge is -2.29. The summed E-state index contributed by atoms with van der Waals surface area (Å²) in [5.74, 6) is -0.132. The van der Waals surface area contributed by atoms with E-state index in [4.69, 9.17) is 4.74 Å². The van der Waals surface area contributed by atoms with Crippen molar-refractivity contribution in [2.45, 2.75) is 32.4 Å². The van der Waals surface area contributed by atoms with Crippen LogP contribution in [0.2, 0.25) is 19.6 Å². The lowest BCUT2D eigenvalue weighted by molar-refractivity contribution is 0.0579. The molecule has 0 bridgehead atoms. The van der Waals surface area contributed by atoms with Crippen molar-refractivity contribution in [3.8, 4) is 11.3 Å². The van der Waals surface area contributed by atoms with Gasteiger partial charge in [-0.3, -0.25) is 9.78 Å². The predicted molar refractivity (Wildman–Crippen MR) is 102 cm³/mol. The molecule has 2 aromatic heterocycles. The van der Waals surface area contributed by atoms with Gasteiger partial charge >= 0.3 is 0 Å². The molecular weight excluding hydrogens is 330 g/mol. The van der Waals surface area contributed by atoms with Gasteiger partial charge in [-0.25, -0.2) is 4.68 Å². The Morgan fingerprint density at radius 1 is 1.20 bits per heavy atom. The molecule has 6 heteroatoms. The van der Waals surface area contributed by atoms with Gasteiger partial charge in [-0.05, 0) is 25.1 Å². The molecule has 0 aliphatic carbocycles. The van der Waals surface area contributed by atoms with E-state index in [2.05, 4.69) is 29.7 Å². The summed E-state index contributed by atoms with van der Waals surface area (Å²) in [5, 5.41) is 5.44. The van der Waals surface area contributed by atoms with Gasteiger partial charge in [0.25, 0.3) is 0 Å². The number of hydrogen-bond donors (Lipinski definition) is 0. The van der Waals surface area contributed by atoms with E-state index in [1.54, 1.807) is 6.20 Å². The molecule has 3 aromatic rings. The third kappa shape index (κ3) is 3.27. The number of hydrogen-bond acceptors (Lipinski definition) is 4. The second kappa shape index (κ2) is 6.90. The monoisotopic (exact) mass is 353 g/mol. The highest BCUT2D eigenvalue weighted by Gasteiger charge is 2.32. The molecule has 0 N–H and O–H groups in total. The number of carbonyl (C=O) groups excluding carboxylic acids is 1. The van der Waals surface area contributed by atoms with Crippen molar-refractivity contribution in [3.05, 3.63) is 48.3 Å². The Labute approximate surface area is 148 Å². The fourth-order valence-corrected chi connectivity index (χ4v) is 4.66. The van der Waals surface area contributed by atoms with Gasteiger partial charge in [0.1, 0.15) is 19.6 Å². The molecule has 3 rings (SSSR count). The molecule has 130 valence electrons. The molecule has 1 atom stereocenters. The van der Waals surface area contributed by atoms with Crippen LogP contribution in [0.3, 0.4) is 0 Å². The van der Waals surface area contributed by atoms with Crippen LogP contribution in [-0.2, 0) is 4.74 Å². The van der Waals surface area contributed by atoms with Crippen LogP contribution in [0.25, 0.3) is 22.2 Å². The summed E-state index contributed by atoms with van der Waals surface area (Å²) in [5.41, 5.74) is 3.08. The first-order valence-electron chi connectivity index (χ1n) is 8.46. The maximum absolute atomic E-state index is 11.7. The lowest BCUT2D eigenvalue weighted by Crippen LogP contribution is -2.37. The maximum Gasteiger partial charge on any atom is 0.170 e. The molecule has 0 spiro atoms. The van der Waals surface area contributed by atoms with E-state index < -0.39 is 8.07 Å². The number of aldehydes is 1. The number of pyridine rings is 1. The summed E-state index contributed by atoms with van der Waals surface area (Å²) in [6.45, 7) is 9.31. The highest BCUT2D eigenvalue weighted by molar-refractivity contribution is 6.76. The van der Waals surface area contributed by atoms with Gasteiger partial charge < -0.3 is 4.74 Å². The largest absolute Gasteiger partial charge is 0.360 e. The average Bonchev–Trinajstić information content (AvgIpc) is 2.98. The third-order valence-electron chi connectivity index (χ3n) is 4.10. The van der Waals surface area contributed by atoms with E-state index in [1.165, 1.54) is 0 Å².